The molecule has 236 valence electrons. The Hall–Kier alpha value is -3.92. The van der Waals surface area contributed by atoms with E-state index in [0.717, 1.165) is 15.9 Å². The zero-order valence-corrected chi connectivity index (χ0v) is 27.2. The molecule has 7 nitrogen and oxygen atoms in total. The number of rotatable bonds is 13. The summed E-state index contributed by atoms with van der Waals surface area (Å²) in [6, 6.07) is 25.6. The van der Waals surface area contributed by atoms with E-state index in [0.29, 0.717) is 17.0 Å². The van der Waals surface area contributed by atoms with Crippen molar-refractivity contribution in [1.82, 2.24) is 10.2 Å². The van der Waals surface area contributed by atoms with Crippen LogP contribution in [0.3, 0.4) is 0 Å². The van der Waals surface area contributed by atoms with Crippen LogP contribution < -0.4 is 9.62 Å². The quantitative estimate of drug-likeness (QED) is 0.168. The van der Waals surface area contributed by atoms with Gasteiger partial charge in [0.2, 0.25) is 11.8 Å². The predicted molar refractivity (Wildman–Crippen MR) is 176 cm³/mol. The van der Waals surface area contributed by atoms with E-state index in [1.807, 2.05) is 44.2 Å². The summed E-state index contributed by atoms with van der Waals surface area (Å²) in [6.45, 7) is 2.91. The summed E-state index contributed by atoms with van der Waals surface area (Å²) in [5.41, 5.74) is 1.06. The minimum absolute atomic E-state index is 0.0996. The number of nitrogens with zero attached hydrogens (tertiary/aromatic N) is 2. The normalized spacial score (nSPS) is 12.6. The molecule has 0 aromatic heterocycles. The van der Waals surface area contributed by atoms with E-state index in [4.69, 9.17) is 23.2 Å². The summed E-state index contributed by atoms with van der Waals surface area (Å²) in [5, 5.41) is 3.54. The Bertz CT molecular complexity index is 1730. The van der Waals surface area contributed by atoms with Crippen LogP contribution in [-0.2, 0) is 32.6 Å². The summed E-state index contributed by atoms with van der Waals surface area (Å²) in [6.07, 6.45) is 0.794. The Morgan fingerprint density at radius 1 is 0.844 bits per heavy atom. The molecule has 0 aliphatic carbocycles. The zero-order chi connectivity index (χ0) is 32.6. The maximum absolute atomic E-state index is 15.2. The minimum atomic E-state index is -4.41. The molecule has 0 unspecified atom stereocenters. The molecule has 11 heteroatoms. The lowest BCUT2D eigenvalue weighted by molar-refractivity contribution is -0.140. The van der Waals surface area contributed by atoms with Gasteiger partial charge in [0.1, 0.15) is 18.4 Å². The number of para-hydroxylation sites is 1. The lowest BCUT2D eigenvalue weighted by Crippen LogP contribution is -2.54. The average molecular weight is 671 g/mol. The van der Waals surface area contributed by atoms with Crippen molar-refractivity contribution in [2.75, 3.05) is 10.8 Å². The maximum Gasteiger partial charge on any atom is 0.264 e. The summed E-state index contributed by atoms with van der Waals surface area (Å²) < 4.78 is 43.8. The number of sulfonamides is 1. The molecule has 0 aliphatic rings. The number of hydrogen-bond donors (Lipinski definition) is 1. The van der Waals surface area contributed by atoms with E-state index in [1.165, 1.54) is 35.2 Å². The number of nitrogens with one attached hydrogen (secondary N) is 1. The Balaban J connectivity index is 1.82. The van der Waals surface area contributed by atoms with Crippen molar-refractivity contribution in [2.24, 2.45) is 0 Å². The lowest BCUT2D eigenvalue weighted by atomic mass is 10.0. The lowest BCUT2D eigenvalue weighted by Gasteiger charge is -2.34. The van der Waals surface area contributed by atoms with Gasteiger partial charge in [-0.3, -0.25) is 13.9 Å². The summed E-state index contributed by atoms with van der Waals surface area (Å²) in [7, 11) is -4.41. The third-order valence-electron chi connectivity index (χ3n) is 7.34. The fourth-order valence-electron chi connectivity index (χ4n) is 4.72. The number of carbonyl (C=O) groups is 2. The SMILES string of the molecule is CC[C@H](C)NC(=O)[C@H](Cc1ccccc1)N(Cc1ccc(Cl)c(Cl)c1)C(=O)CN(c1ccccc1F)S(=O)(=O)c1ccccc1. The minimum Gasteiger partial charge on any atom is -0.352 e. The van der Waals surface area contributed by atoms with E-state index < -0.39 is 40.2 Å². The second-order valence-corrected chi connectivity index (χ2v) is 13.2. The fraction of sp³-hybridized carbons (Fsp3) is 0.235. The van der Waals surface area contributed by atoms with Gasteiger partial charge in [-0.15, -0.1) is 0 Å². The zero-order valence-electron chi connectivity index (χ0n) is 24.9. The van der Waals surface area contributed by atoms with Gasteiger partial charge in [-0.2, -0.15) is 0 Å². The maximum atomic E-state index is 15.2. The molecule has 2 atom stereocenters. The van der Waals surface area contributed by atoms with Crippen molar-refractivity contribution in [3.05, 3.63) is 130 Å². The van der Waals surface area contributed by atoms with Crippen molar-refractivity contribution in [3.8, 4) is 0 Å². The Morgan fingerprint density at radius 2 is 1.47 bits per heavy atom. The molecule has 0 bridgehead atoms. The molecular formula is C34H34Cl2FN3O4S. The van der Waals surface area contributed by atoms with Crippen LogP contribution in [0.5, 0.6) is 0 Å². The van der Waals surface area contributed by atoms with Crippen LogP contribution in [0.15, 0.2) is 108 Å². The molecule has 4 rings (SSSR count). The third kappa shape index (κ3) is 8.63. The van der Waals surface area contributed by atoms with Crippen molar-refractivity contribution < 1.29 is 22.4 Å². The average Bonchev–Trinajstić information content (AvgIpc) is 3.04. The number of halogens is 3. The molecule has 0 spiro atoms. The van der Waals surface area contributed by atoms with E-state index in [1.54, 1.807) is 36.4 Å². The van der Waals surface area contributed by atoms with Gasteiger partial charge in [-0.25, -0.2) is 12.8 Å². The molecule has 0 saturated carbocycles. The van der Waals surface area contributed by atoms with Gasteiger partial charge in [0.25, 0.3) is 10.0 Å². The number of carbonyl (C=O) groups excluding carboxylic acids is 2. The first-order valence-corrected chi connectivity index (χ1v) is 16.6. The van der Waals surface area contributed by atoms with Crippen LogP contribution in [0.2, 0.25) is 10.0 Å². The Labute approximate surface area is 273 Å². The molecule has 1 N–H and O–H groups in total. The molecule has 0 fully saturated rings. The van der Waals surface area contributed by atoms with E-state index >= 15 is 4.39 Å². The highest BCUT2D eigenvalue weighted by Crippen LogP contribution is 2.28. The van der Waals surface area contributed by atoms with Gasteiger partial charge in [0.15, 0.2) is 0 Å². The van der Waals surface area contributed by atoms with Crippen LogP contribution in [-0.4, -0.2) is 43.8 Å². The van der Waals surface area contributed by atoms with Crippen LogP contribution in [0.1, 0.15) is 31.4 Å². The Kier molecular flexibility index (Phi) is 11.6. The van der Waals surface area contributed by atoms with Crippen LogP contribution in [0, 0.1) is 5.82 Å². The van der Waals surface area contributed by atoms with Crippen LogP contribution >= 0.6 is 23.2 Å². The highest BCUT2D eigenvalue weighted by molar-refractivity contribution is 7.92. The fourth-order valence-corrected chi connectivity index (χ4v) is 6.48. The first-order chi connectivity index (χ1) is 21.5. The number of hydrogen-bond acceptors (Lipinski definition) is 4. The molecule has 0 aliphatic heterocycles. The standard InChI is InChI=1S/C34H34Cl2FN3O4S/c1-3-24(2)38-34(42)32(21-25-12-6-4-7-13-25)39(22-26-18-19-28(35)29(36)20-26)33(41)23-40(31-17-11-10-16-30(31)37)45(43,44)27-14-8-5-9-15-27/h4-20,24,32H,3,21-23H2,1-2H3,(H,38,42)/t24-,32-/m0/s1. The van der Waals surface area contributed by atoms with Gasteiger partial charge >= 0.3 is 0 Å². The topological polar surface area (TPSA) is 86.8 Å². The monoisotopic (exact) mass is 669 g/mol. The summed E-state index contributed by atoms with van der Waals surface area (Å²) >= 11 is 12.4. The first kappa shape index (κ1) is 34.0. The van der Waals surface area contributed by atoms with Crippen molar-refractivity contribution >= 4 is 50.7 Å². The summed E-state index contributed by atoms with van der Waals surface area (Å²) in [4.78, 5) is 29.5. The van der Waals surface area contributed by atoms with E-state index in [-0.39, 0.29) is 34.6 Å². The molecule has 0 heterocycles. The molecule has 4 aromatic rings. The van der Waals surface area contributed by atoms with Gasteiger partial charge < -0.3 is 10.2 Å². The third-order valence-corrected chi connectivity index (χ3v) is 9.85. The Morgan fingerprint density at radius 3 is 2.09 bits per heavy atom. The highest BCUT2D eigenvalue weighted by atomic mass is 35.5. The van der Waals surface area contributed by atoms with E-state index in [9.17, 15) is 18.0 Å². The molecule has 0 saturated heterocycles. The van der Waals surface area contributed by atoms with Gasteiger partial charge in [0.05, 0.1) is 20.6 Å². The molecule has 45 heavy (non-hydrogen) atoms. The van der Waals surface area contributed by atoms with Gasteiger partial charge in [0, 0.05) is 19.0 Å². The highest BCUT2D eigenvalue weighted by Gasteiger charge is 2.35. The first-order valence-electron chi connectivity index (χ1n) is 14.4. The van der Waals surface area contributed by atoms with Gasteiger partial charge in [-0.05, 0) is 60.9 Å². The summed E-state index contributed by atoms with van der Waals surface area (Å²) in [5.74, 6) is -1.95. The number of benzene rings is 4. The second kappa shape index (κ2) is 15.4. The van der Waals surface area contributed by atoms with Crippen molar-refractivity contribution in [1.29, 1.82) is 0 Å². The molecule has 4 aromatic carbocycles. The van der Waals surface area contributed by atoms with E-state index in [2.05, 4.69) is 5.32 Å². The van der Waals surface area contributed by atoms with Crippen molar-refractivity contribution in [3.63, 3.8) is 0 Å². The smallest absolute Gasteiger partial charge is 0.264 e. The molecule has 0 radical (unpaired) electrons. The van der Waals surface area contributed by atoms with Crippen LogP contribution in [0.25, 0.3) is 0 Å². The van der Waals surface area contributed by atoms with Gasteiger partial charge in [-0.1, -0.05) is 96.9 Å². The largest absolute Gasteiger partial charge is 0.352 e. The predicted octanol–water partition coefficient (Wildman–Crippen LogP) is 6.88. The number of anilines is 1. The van der Waals surface area contributed by atoms with Crippen LogP contribution in [0.4, 0.5) is 10.1 Å². The molecule has 2 amide bonds. The number of amides is 2. The second-order valence-electron chi connectivity index (χ2n) is 10.6. The van der Waals surface area contributed by atoms with Crippen molar-refractivity contribution in [2.45, 2.75) is 50.2 Å². The molecular weight excluding hydrogens is 636 g/mol.